The smallest absolute Gasteiger partial charge is 0.339 e. The van der Waals surface area contributed by atoms with Crippen molar-refractivity contribution in [3.8, 4) is 11.3 Å². The van der Waals surface area contributed by atoms with Crippen LogP contribution < -0.4 is 4.90 Å². The number of carbonyl (C=O) groups is 4. The van der Waals surface area contributed by atoms with Gasteiger partial charge in [0, 0.05) is 21.0 Å². The van der Waals surface area contributed by atoms with E-state index < -0.39 is 5.97 Å². The molecule has 2 unspecified atom stereocenters. The highest BCUT2D eigenvalue weighted by molar-refractivity contribution is 9.10. The van der Waals surface area contributed by atoms with Gasteiger partial charge >= 0.3 is 5.97 Å². The predicted molar refractivity (Wildman–Crippen MR) is 159 cm³/mol. The number of benzene rings is 3. The van der Waals surface area contributed by atoms with Crippen molar-refractivity contribution in [2.75, 3.05) is 11.5 Å². The third kappa shape index (κ3) is 5.20. The van der Waals surface area contributed by atoms with Crippen LogP contribution in [0.1, 0.15) is 52.0 Å². The lowest BCUT2D eigenvalue weighted by Crippen LogP contribution is -2.30. The number of hydrogen-bond donors (Lipinski definition) is 0. The van der Waals surface area contributed by atoms with Gasteiger partial charge < -0.3 is 4.74 Å². The van der Waals surface area contributed by atoms with Crippen molar-refractivity contribution in [2.24, 2.45) is 11.8 Å². The number of ether oxygens (including phenoxy) is 1. The fraction of sp³-hybridized carbons (Fsp3) is 0.242. The van der Waals surface area contributed by atoms with Crippen LogP contribution in [0.5, 0.6) is 0 Å². The van der Waals surface area contributed by atoms with Crippen molar-refractivity contribution >= 4 is 56.1 Å². The summed E-state index contributed by atoms with van der Waals surface area (Å²) in [4.78, 5) is 58.0. The number of amides is 2. The Bertz CT molecular complexity index is 1670. The van der Waals surface area contributed by atoms with Crippen LogP contribution in [0.25, 0.3) is 22.2 Å². The number of nitrogens with zero attached hydrogens (tertiary/aromatic N) is 2. The molecule has 7 nitrogen and oxygen atoms in total. The van der Waals surface area contributed by atoms with E-state index in [1.807, 2.05) is 25.1 Å². The van der Waals surface area contributed by atoms with Crippen molar-refractivity contribution < 1.29 is 23.9 Å². The number of hydrogen-bond acceptors (Lipinski definition) is 6. The normalized spacial score (nSPS) is 18.4. The first-order valence-electron chi connectivity index (χ1n) is 13.7. The van der Waals surface area contributed by atoms with Crippen LogP contribution in [0.3, 0.4) is 0 Å². The van der Waals surface area contributed by atoms with Crippen molar-refractivity contribution in [1.29, 1.82) is 0 Å². The minimum absolute atomic E-state index is 0.118. The summed E-state index contributed by atoms with van der Waals surface area (Å²) in [7, 11) is 0. The van der Waals surface area contributed by atoms with Gasteiger partial charge in [0.15, 0.2) is 12.4 Å². The summed E-state index contributed by atoms with van der Waals surface area (Å²) < 4.78 is 6.23. The second kappa shape index (κ2) is 11.0. The number of rotatable bonds is 6. The van der Waals surface area contributed by atoms with Gasteiger partial charge in [0.1, 0.15) is 0 Å². The van der Waals surface area contributed by atoms with Crippen molar-refractivity contribution in [3.63, 3.8) is 0 Å². The maximum absolute atomic E-state index is 13.3. The fourth-order valence-corrected chi connectivity index (χ4v) is 6.11. The molecular weight excluding hydrogens is 584 g/mol. The Morgan fingerprint density at radius 1 is 0.902 bits per heavy atom. The Balaban J connectivity index is 1.28. The topological polar surface area (TPSA) is 93.6 Å². The van der Waals surface area contributed by atoms with E-state index in [0.29, 0.717) is 33.4 Å². The number of esters is 1. The number of halogens is 1. The summed E-state index contributed by atoms with van der Waals surface area (Å²) in [6.07, 6.45) is 3.47. The van der Waals surface area contributed by atoms with Gasteiger partial charge in [-0.05, 0) is 56.2 Å². The Morgan fingerprint density at radius 2 is 1.56 bits per heavy atom. The second-order valence-corrected chi connectivity index (χ2v) is 11.6. The summed E-state index contributed by atoms with van der Waals surface area (Å²) >= 11 is 3.46. The van der Waals surface area contributed by atoms with Crippen LogP contribution in [-0.2, 0) is 14.3 Å². The molecule has 2 atom stereocenters. The van der Waals surface area contributed by atoms with Gasteiger partial charge in [-0.15, -0.1) is 0 Å². The molecule has 2 fully saturated rings. The van der Waals surface area contributed by atoms with E-state index >= 15 is 0 Å². The van der Waals surface area contributed by atoms with Crippen LogP contribution in [0.4, 0.5) is 5.69 Å². The summed E-state index contributed by atoms with van der Waals surface area (Å²) in [5, 5.41) is 0.586. The van der Waals surface area contributed by atoms with Crippen LogP contribution in [0.2, 0.25) is 0 Å². The van der Waals surface area contributed by atoms with Crippen molar-refractivity contribution in [3.05, 3.63) is 94.0 Å². The maximum atomic E-state index is 13.3. The second-order valence-electron chi connectivity index (χ2n) is 10.6. The summed E-state index contributed by atoms with van der Waals surface area (Å²) in [6, 6.07) is 21.2. The fourth-order valence-electron chi connectivity index (χ4n) is 5.74. The van der Waals surface area contributed by atoms with E-state index in [-0.39, 0.29) is 41.6 Å². The molecule has 2 amide bonds. The highest BCUT2D eigenvalue weighted by Gasteiger charge is 2.48. The minimum atomic E-state index is -0.635. The molecule has 8 heteroatoms. The third-order valence-electron chi connectivity index (χ3n) is 7.96. The van der Waals surface area contributed by atoms with Crippen LogP contribution in [-0.4, -0.2) is 35.2 Å². The first-order valence-corrected chi connectivity index (χ1v) is 14.4. The van der Waals surface area contributed by atoms with E-state index in [1.165, 1.54) is 4.90 Å². The first-order chi connectivity index (χ1) is 19.8. The molecule has 1 aromatic heterocycles. The lowest BCUT2D eigenvalue weighted by atomic mass is 9.81. The standard InChI is InChI=1S/C33H27BrN2O5/c1-19-6-8-21(9-7-19)30(37)18-41-33(40)27-17-29(35-28-15-12-22(34)16-26(27)28)20-10-13-23(14-11-20)36-31(38)24-4-2-3-5-25(24)32(36)39/h6-17,24-25H,2-5,18H2,1H3. The highest BCUT2D eigenvalue weighted by atomic mass is 79.9. The van der Waals surface area contributed by atoms with E-state index in [4.69, 9.17) is 9.72 Å². The van der Waals surface area contributed by atoms with Gasteiger partial charge in [-0.2, -0.15) is 0 Å². The maximum Gasteiger partial charge on any atom is 0.339 e. The zero-order valence-electron chi connectivity index (χ0n) is 22.4. The molecule has 3 aromatic carbocycles. The van der Waals surface area contributed by atoms with Gasteiger partial charge in [-0.25, -0.2) is 9.78 Å². The number of fused-ring (bicyclic) bond motifs is 2. The molecule has 1 aliphatic heterocycles. The number of ketones is 1. The third-order valence-corrected chi connectivity index (χ3v) is 8.45. The Morgan fingerprint density at radius 3 is 2.22 bits per heavy atom. The number of carbonyl (C=O) groups excluding carboxylic acids is 4. The predicted octanol–water partition coefficient (Wildman–Crippen LogP) is 6.69. The monoisotopic (exact) mass is 610 g/mol. The quantitative estimate of drug-likeness (QED) is 0.137. The average molecular weight is 611 g/mol. The SMILES string of the molecule is Cc1ccc(C(=O)COC(=O)c2cc(-c3ccc(N4C(=O)C5CCCCC5C4=O)cc3)nc3ccc(Br)cc23)cc1. The molecule has 206 valence electrons. The first kappa shape index (κ1) is 27.0. The molecular formula is C33H27BrN2O5. The molecule has 1 saturated heterocycles. The molecule has 0 radical (unpaired) electrons. The largest absolute Gasteiger partial charge is 0.454 e. The molecule has 4 aromatic rings. The van der Waals surface area contributed by atoms with Crippen molar-refractivity contribution in [2.45, 2.75) is 32.6 Å². The molecule has 41 heavy (non-hydrogen) atoms. The Labute approximate surface area is 245 Å². The highest BCUT2D eigenvalue weighted by Crippen LogP contribution is 2.40. The van der Waals surface area contributed by atoms with E-state index in [1.54, 1.807) is 54.6 Å². The Kier molecular flexibility index (Phi) is 7.26. The average Bonchev–Trinajstić information content (AvgIpc) is 3.25. The van der Waals surface area contributed by atoms with E-state index in [2.05, 4.69) is 15.9 Å². The molecule has 0 N–H and O–H groups in total. The number of pyridine rings is 1. The zero-order chi connectivity index (χ0) is 28.7. The van der Waals surface area contributed by atoms with Crippen molar-refractivity contribution in [1.82, 2.24) is 4.98 Å². The van der Waals surface area contributed by atoms with Gasteiger partial charge in [0.05, 0.1) is 34.3 Å². The molecule has 2 aliphatic rings. The molecule has 1 saturated carbocycles. The minimum Gasteiger partial charge on any atom is -0.454 e. The van der Waals surface area contributed by atoms with E-state index in [0.717, 1.165) is 35.7 Å². The molecule has 1 aliphatic carbocycles. The van der Waals surface area contributed by atoms with Crippen LogP contribution in [0, 0.1) is 18.8 Å². The molecule has 2 heterocycles. The lowest BCUT2D eigenvalue weighted by Gasteiger charge is -2.19. The number of aryl methyl sites for hydroxylation is 1. The summed E-state index contributed by atoms with van der Waals surface area (Å²) in [6.45, 7) is 1.55. The molecule has 6 rings (SSSR count). The molecule has 0 spiro atoms. The zero-order valence-corrected chi connectivity index (χ0v) is 24.0. The lowest BCUT2D eigenvalue weighted by molar-refractivity contribution is -0.122. The van der Waals surface area contributed by atoms with Crippen LogP contribution >= 0.6 is 15.9 Å². The molecule has 0 bridgehead atoms. The number of Topliss-reactive ketones (excluding diaryl/α,β-unsaturated/α-hetero) is 1. The summed E-state index contributed by atoms with van der Waals surface area (Å²) in [5.74, 6) is -1.60. The van der Waals surface area contributed by atoms with E-state index in [9.17, 15) is 19.2 Å². The Hall–Kier alpha value is -4.17. The van der Waals surface area contributed by atoms with Crippen LogP contribution in [0.15, 0.2) is 77.3 Å². The van der Waals surface area contributed by atoms with Gasteiger partial charge in [0.25, 0.3) is 0 Å². The summed E-state index contributed by atoms with van der Waals surface area (Å²) in [5.41, 5.74) is 4.14. The number of anilines is 1. The van der Waals surface area contributed by atoms with Gasteiger partial charge in [-0.1, -0.05) is 70.7 Å². The van der Waals surface area contributed by atoms with Gasteiger partial charge in [0.2, 0.25) is 11.8 Å². The number of aromatic nitrogens is 1. The number of imide groups is 1. The van der Waals surface area contributed by atoms with Gasteiger partial charge in [-0.3, -0.25) is 19.3 Å².